The van der Waals surface area contributed by atoms with Gasteiger partial charge in [0.15, 0.2) is 5.60 Å². The third-order valence-electron chi connectivity index (χ3n) is 4.10. The average molecular weight is 389 g/mol. The molecule has 0 aromatic heterocycles. The van der Waals surface area contributed by atoms with Gasteiger partial charge in [-0.1, -0.05) is 30.7 Å². The summed E-state index contributed by atoms with van der Waals surface area (Å²) in [5.41, 5.74) is 0.618. The van der Waals surface area contributed by atoms with E-state index in [9.17, 15) is 9.59 Å². The van der Waals surface area contributed by atoms with E-state index in [0.717, 1.165) is 11.3 Å². The van der Waals surface area contributed by atoms with E-state index in [2.05, 4.69) is 10.6 Å². The number of hydrogen-bond donors (Lipinski definition) is 2. The van der Waals surface area contributed by atoms with Gasteiger partial charge < -0.3 is 15.4 Å². The van der Waals surface area contributed by atoms with Gasteiger partial charge in [-0.05, 0) is 62.7 Å². The molecule has 6 heteroatoms. The summed E-state index contributed by atoms with van der Waals surface area (Å²) in [5, 5.41) is 6.37. The van der Waals surface area contributed by atoms with Crippen molar-refractivity contribution in [3.8, 4) is 5.75 Å². The number of anilines is 1. The van der Waals surface area contributed by atoms with E-state index in [4.69, 9.17) is 16.3 Å². The molecule has 2 aromatic carbocycles. The Labute approximate surface area is 165 Å². The number of ether oxygens (including phenoxy) is 1. The highest BCUT2D eigenvalue weighted by atomic mass is 35.5. The largest absolute Gasteiger partial charge is 0.478 e. The first-order valence-electron chi connectivity index (χ1n) is 8.86. The zero-order valence-corrected chi connectivity index (χ0v) is 16.8. The highest BCUT2D eigenvalue weighted by Gasteiger charge is 2.31. The molecule has 1 unspecified atom stereocenters. The quantitative estimate of drug-likeness (QED) is 0.720. The van der Waals surface area contributed by atoms with Crippen molar-refractivity contribution >= 4 is 29.1 Å². The topological polar surface area (TPSA) is 67.4 Å². The summed E-state index contributed by atoms with van der Waals surface area (Å²) in [7, 11) is 0. The summed E-state index contributed by atoms with van der Waals surface area (Å²) in [6.07, 6.45) is 0.427. The SMILES string of the molecule is CCC(=O)Nc1ccc(C(C)NC(=O)C(C)(C)Oc2ccc(Cl)cc2)cc1. The fourth-order valence-electron chi connectivity index (χ4n) is 2.40. The molecule has 0 saturated heterocycles. The Balaban J connectivity index is 1.98. The Hall–Kier alpha value is -2.53. The Kier molecular flexibility index (Phi) is 6.86. The lowest BCUT2D eigenvalue weighted by Gasteiger charge is -2.27. The average Bonchev–Trinajstić information content (AvgIpc) is 2.63. The van der Waals surface area contributed by atoms with Gasteiger partial charge in [0.1, 0.15) is 5.75 Å². The maximum Gasteiger partial charge on any atom is 0.264 e. The molecule has 0 aliphatic carbocycles. The standard InChI is InChI=1S/C21H25ClN2O3/c1-5-19(25)24-17-10-6-15(7-11-17)14(2)23-20(26)21(3,4)27-18-12-8-16(22)9-13-18/h6-14H,5H2,1-4H3,(H,23,26)(H,24,25). The molecule has 2 N–H and O–H groups in total. The number of carbonyl (C=O) groups excluding carboxylic acids is 2. The predicted octanol–water partition coefficient (Wildman–Crippen LogP) is 4.72. The molecule has 5 nitrogen and oxygen atoms in total. The number of rotatable bonds is 7. The zero-order chi connectivity index (χ0) is 20.0. The summed E-state index contributed by atoms with van der Waals surface area (Å²) in [6, 6.07) is 14.1. The van der Waals surface area contributed by atoms with Crippen molar-refractivity contribution in [2.75, 3.05) is 5.32 Å². The number of hydrogen-bond acceptors (Lipinski definition) is 3. The monoisotopic (exact) mass is 388 g/mol. The zero-order valence-electron chi connectivity index (χ0n) is 16.0. The lowest BCUT2D eigenvalue weighted by molar-refractivity contribution is -0.134. The normalized spacial score (nSPS) is 12.2. The minimum absolute atomic E-state index is 0.0369. The summed E-state index contributed by atoms with van der Waals surface area (Å²) >= 11 is 5.87. The molecule has 0 aliphatic heterocycles. The van der Waals surface area contributed by atoms with E-state index in [1.807, 2.05) is 31.2 Å². The van der Waals surface area contributed by atoms with Gasteiger partial charge in [-0.3, -0.25) is 9.59 Å². The molecule has 1 atom stereocenters. The molecule has 2 amide bonds. The van der Waals surface area contributed by atoms with Crippen LogP contribution in [0.15, 0.2) is 48.5 Å². The third kappa shape index (κ3) is 6.00. The molecule has 0 fully saturated rings. The fourth-order valence-corrected chi connectivity index (χ4v) is 2.53. The van der Waals surface area contributed by atoms with Gasteiger partial charge in [0.05, 0.1) is 6.04 Å². The molecule has 27 heavy (non-hydrogen) atoms. The number of carbonyl (C=O) groups is 2. The van der Waals surface area contributed by atoms with E-state index in [1.165, 1.54) is 0 Å². The van der Waals surface area contributed by atoms with E-state index in [1.54, 1.807) is 45.0 Å². The van der Waals surface area contributed by atoms with Crippen LogP contribution in [0.2, 0.25) is 5.02 Å². The minimum Gasteiger partial charge on any atom is -0.478 e. The predicted molar refractivity (Wildman–Crippen MR) is 108 cm³/mol. The van der Waals surface area contributed by atoms with Crippen molar-refractivity contribution < 1.29 is 14.3 Å². The molecular formula is C21H25ClN2O3. The van der Waals surface area contributed by atoms with Crippen molar-refractivity contribution in [1.82, 2.24) is 5.32 Å². The minimum atomic E-state index is -1.04. The number of halogens is 1. The molecule has 0 radical (unpaired) electrons. The van der Waals surface area contributed by atoms with Gasteiger partial charge in [-0.15, -0.1) is 0 Å². The summed E-state index contributed by atoms with van der Waals surface area (Å²) < 4.78 is 5.81. The van der Waals surface area contributed by atoms with Gasteiger partial charge in [0, 0.05) is 17.1 Å². The molecule has 0 bridgehead atoms. The maximum absolute atomic E-state index is 12.7. The Morgan fingerprint density at radius 3 is 2.22 bits per heavy atom. The van der Waals surface area contributed by atoms with E-state index < -0.39 is 5.60 Å². The number of benzene rings is 2. The molecule has 2 rings (SSSR count). The highest BCUT2D eigenvalue weighted by Crippen LogP contribution is 2.22. The van der Waals surface area contributed by atoms with Crippen LogP contribution in [0.25, 0.3) is 0 Å². The number of nitrogens with one attached hydrogen (secondary N) is 2. The van der Waals surface area contributed by atoms with Gasteiger partial charge in [0.2, 0.25) is 5.91 Å². The molecule has 0 saturated carbocycles. The maximum atomic E-state index is 12.7. The summed E-state index contributed by atoms with van der Waals surface area (Å²) in [6.45, 7) is 7.13. The third-order valence-corrected chi connectivity index (χ3v) is 4.35. The molecule has 0 aliphatic rings. The lowest BCUT2D eigenvalue weighted by Crippen LogP contribution is -2.47. The first-order valence-corrected chi connectivity index (χ1v) is 9.24. The van der Waals surface area contributed by atoms with Crippen molar-refractivity contribution in [3.63, 3.8) is 0 Å². The van der Waals surface area contributed by atoms with Crippen LogP contribution < -0.4 is 15.4 Å². The second-order valence-corrected chi connectivity index (χ2v) is 7.22. The van der Waals surface area contributed by atoms with Crippen molar-refractivity contribution in [3.05, 3.63) is 59.1 Å². The van der Waals surface area contributed by atoms with E-state index in [-0.39, 0.29) is 17.9 Å². The second-order valence-electron chi connectivity index (χ2n) is 6.79. The highest BCUT2D eigenvalue weighted by molar-refractivity contribution is 6.30. The van der Waals surface area contributed by atoms with Crippen molar-refractivity contribution in [2.24, 2.45) is 0 Å². The van der Waals surface area contributed by atoms with Crippen LogP contribution in [-0.2, 0) is 9.59 Å². The molecule has 144 valence electrons. The molecule has 0 heterocycles. The van der Waals surface area contributed by atoms with E-state index >= 15 is 0 Å². The van der Waals surface area contributed by atoms with Crippen molar-refractivity contribution in [1.29, 1.82) is 0 Å². The smallest absolute Gasteiger partial charge is 0.264 e. The first-order chi connectivity index (χ1) is 12.7. The van der Waals surface area contributed by atoms with Crippen LogP contribution in [0.1, 0.15) is 45.7 Å². The lowest BCUT2D eigenvalue weighted by atomic mass is 10.0. The Morgan fingerprint density at radius 2 is 1.67 bits per heavy atom. The molecular weight excluding hydrogens is 364 g/mol. The second kappa shape index (κ2) is 8.91. The van der Waals surface area contributed by atoms with Gasteiger partial charge in [-0.2, -0.15) is 0 Å². The van der Waals surface area contributed by atoms with Crippen LogP contribution in [0, 0.1) is 0 Å². The Bertz CT molecular complexity index is 786. The van der Waals surface area contributed by atoms with Crippen LogP contribution in [0.5, 0.6) is 5.75 Å². The Morgan fingerprint density at radius 1 is 1.07 bits per heavy atom. The van der Waals surface area contributed by atoms with Gasteiger partial charge in [-0.25, -0.2) is 0 Å². The van der Waals surface area contributed by atoms with Gasteiger partial charge in [0.25, 0.3) is 5.91 Å². The first kappa shape index (κ1) is 20.8. The van der Waals surface area contributed by atoms with E-state index in [0.29, 0.717) is 17.2 Å². The van der Waals surface area contributed by atoms with Crippen molar-refractivity contribution in [2.45, 2.75) is 45.8 Å². The van der Waals surface area contributed by atoms with Crippen LogP contribution in [0.4, 0.5) is 5.69 Å². The van der Waals surface area contributed by atoms with Crippen LogP contribution >= 0.6 is 11.6 Å². The molecule has 2 aromatic rings. The number of amides is 2. The van der Waals surface area contributed by atoms with Crippen LogP contribution in [0.3, 0.4) is 0 Å². The fraction of sp³-hybridized carbons (Fsp3) is 0.333. The van der Waals surface area contributed by atoms with Gasteiger partial charge >= 0.3 is 0 Å². The summed E-state index contributed by atoms with van der Waals surface area (Å²) in [5.74, 6) is 0.307. The van der Waals surface area contributed by atoms with Crippen LogP contribution in [-0.4, -0.2) is 17.4 Å². The summed E-state index contributed by atoms with van der Waals surface area (Å²) in [4.78, 5) is 24.1. The molecule has 0 spiro atoms.